The number of benzene rings is 1. The molecule has 1 aromatic carbocycles. The molecule has 0 saturated heterocycles. The molecule has 1 N–H and O–H groups in total. The van der Waals surface area contributed by atoms with Gasteiger partial charge >= 0.3 is 0 Å². The molecule has 1 aromatic rings. The Kier molecular flexibility index (Phi) is 3.83. The molecule has 1 aliphatic rings. The van der Waals surface area contributed by atoms with Crippen LogP contribution in [-0.2, 0) is 6.42 Å². The van der Waals surface area contributed by atoms with Gasteiger partial charge in [-0.3, -0.25) is 0 Å². The first kappa shape index (κ1) is 11.5. The standard InChI is InChI=1S/C14H22N2/c1-3-16-13(8-6-10-15-2)11-12-7-4-5-9-14(12)16/h4-5,7,9,13,15H,3,6,8,10-11H2,1-2H3. The van der Waals surface area contributed by atoms with Crippen LogP contribution >= 0.6 is 0 Å². The Labute approximate surface area is 98.7 Å². The molecule has 0 aromatic heterocycles. The van der Waals surface area contributed by atoms with Crippen LogP contribution in [0.2, 0.25) is 0 Å². The van der Waals surface area contributed by atoms with Crippen LogP contribution in [0, 0.1) is 0 Å². The predicted molar refractivity (Wildman–Crippen MR) is 70.1 cm³/mol. The van der Waals surface area contributed by atoms with Crippen molar-refractivity contribution in [3.05, 3.63) is 29.8 Å². The molecule has 0 amide bonds. The third-order valence-electron chi connectivity index (χ3n) is 3.50. The molecule has 2 rings (SSSR count). The average Bonchev–Trinajstić information content (AvgIpc) is 2.67. The van der Waals surface area contributed by atoms with Crippen LogP contribution in [0.3, 0.4) is 0 Å². The maximum Gasteiger partial charge on any atom is 0.0402 e. The molecule has 0 saturated carbocycles. The van der Waals surface area contributed by atoms with E-state index < -0.39 is 0 Å². The number of hydrogen-bond acceptors (Lipinski definition) is 2. The van der Waals surface area contributed by atoms with Crippen molar-refractivity contribution < 1.29 is 0 Å². The van der Waals surface area contributed by atoms with E-state index in [-0.39, 0.29) is 0 Å². The first-order valence-corrected chi connectivity index (χ1v) is 6.36. The first-order valence-electron chi connectivity index (χ1n) is 6.36. The van der Waals surface area contributed by atoms with Gasteiger partial charge in [0, 0.05) is 18.3 Å². The summed E-state index contributed by atoms with van der Waals surface area (Å²) in [6.45, 7) is 4.51. The molecule has 1 unspecified atom stereocenters. The van der Waals surface area contributed by atoms with Gasteiger partial charge in [0.1, 0.15) is 0 Å². The van der Waals surface area contributed by atoms with Crippen molar-refractivity contribution in [1.82, 2.24) is 5.32 Å². The molecular weight excluding hydrogens is 196 g/mol. The lowest BCUT2D eigenvalue weighted by molar-refractivity contribution is 0.549. The Morgan fingerprint density at radius 1 is 1.38 bits per heavy atom. The van der Waals surface area contributed by atoms with Gasteiger partial charge in [-0.25, -0.2) is 0 Å². The van der Waals surface area contributed by atoms with Crippen LogP contribution in [0.4, 0.5) is 5.69 Å². The Hall–Kier alpha value is -1.02. The van der Waals surface area contributed by atoms with Crippen LogP contribution in [0.1, 0.15) is 25.3 Å². The molecule has 0 radical (unpaired) electrons. The highest BCUT2D eigenvalue weighted by Gasteiger charge is 2.26. The summed E-state index contributed by atoms with van der Waals surface area (Å²) in [5.74, 6) is 0. The summed E-state index contributed by atoms with van der Waals surface area (Å²) in [4.78, 5) is 2.56. The molecule has 0 fully saturated rings. The van der Waals surface area contributed by atoms with Crippen molar-refractivity contribution in [2.45, 2.75) is 32.2 Å². The second-order valence-electron chi connectivity index (χ2n) is 4.52. The lowest BCUT2D eigenvalue weighted by Crippen LogP contribution is -2.32. The van der Waals surface area contributed by atoms with Crippen molar-refractivity contribution in [2.24, 2.45) is 0 Å². The highest BCUT2D eigenvalue weighted by Crippen LogP contribution is 2.33. The molecule has 1 aliphatic heterocycles. The third-order valence-corrected chi connectivity index (χ3v) is 3.50. The molecule has 16 heavy (non-hydrogen) atoms. The van der Waals surface area contributed by atoms with E-state index in [1.54, 1.807) is 0 Å². The van der Waals surface area contributed by atoms with E-state index in [0.29, 0.717) is 0 Å². The number of para-hydroxylation sites is 1. The van der Waals surface area contributed by atoms with Gasteiger partial charge in [0.25, 0.3) is 0 Å². The van der Waals surface area contributed by atoms with Gasteiger partial charge in [0.15, 0.2) is 0 Å². The monoisotopic (exact) mass is 218 g/mol. The van der Waals surface area contributed by atoms with Crippen LogP contribution in [-0.4, -0.2) is 26.2 Å². The fourth-order valence-corrected chi connectivity index (χ4v) is 2.73. The number of rotatable bonds is 5. The Morgan fingerprint density at radius 3 is 2.94 bits per heavy atom. The Bertz CT molecular complexity index is 335. The highest BCUT2D eigenvalue weighted by atomic mass is 15.2. The van der Waals surface area contributed by atoms with Crippen molar-refractivity contribution in [3.63, 3.8) is 0 Å². The zero-order valence-corrected chi connectivity index (χ0v) is 10.4. The number of nitrogens with one attached hydrogen (secondary N) is 1. The lowest BCUT2D eigenvalue weighted by Gasteiger charge is -2.26. The van der Waals surface area contributed by atoms with Gasteiger partial charge in [-0.1, -0.05) is 18.2 Å². The minimum absolute atomic E-state index is 0.718. The van der Waals surface area contributed by atoms with Gasteiger partial charge in [-0.15, -0.1) is 0 Å². The fraction of sp³-hybridized carbons (Fsp3) is 0.571. The highest BCUT2D eigenvalue weighted by molar-refractivity contribution is 5.59. The van der Waals surface area contributed by atoms with Gasteiger partial charge in [0.05, 0.1) is 0 Å². The summed E-state index contributed by atoms with van der Waals surface area (Å²) in [5.41, 5.74) is 2.98. The SMILES string of the molecule is CCN1c2ccccc2CC1CCCNC. The largest absolute Gasteiger partial charge is 0.368 e. The molecule has 1 heterocycles. The molecule has 0 aliphatic carbocycles. The van der Waals surface area contributed by atoms with Crippen LogP contribution in [0.15, 0.2) is 24.3 Å². The maximum atomic E-state index is 3.23. The van der Waals surface area contributed by atoms with E-state index in [9.17, 15) is 0 Å². The zero-order chi connectivity index (χ0) is 11.4. The Balaban J connectivity index is 2.03. The minimum atomic E-state index is 0.718. The van der Waals surface area contributed by atoms with Crippen LogP contribution in [0.25, 0.3) is 0 Å². The molecule has 0 bridgehead atoms. The number of anilines is 1. The van der Waals surface area contributed by atoms with E-state index in [1.165, 1.54) is 30.5 Å². The van der Waals surface area contributed by atoms with Crippen molar-refractivity contribution in [2.75, 3.05) is 25.0 Å². The second kappa shape index (κ2) is 5.35. The number of likely N-dealkylation sites (N-methyl/N-ethyl adjacent to an activating group) is 1. The summed E-state index contributed by atoms with van der Waals surface area (Å²) in [6, 6.07) is 9.56. The summed E-state index contributed by atoms with van der Waals surface area (Å²) < 4.78 is 0. The first-order chi connectivity index (χ1) is 7.86. The summed E-state index contributed by atoms with van der Waals surface area (Å²) in [5, 5.41) is 3.23. The number of fused-ring (bicyclic) bond motifs is 1. The third kappa shape index (κ3) is 2.22. The lowest BCUT2D eigenvalue weighted by atomic mass is 10.1. The van der Waals surface area contributed by atoms with Gasteiger partial charge < -0.3 is 10.2 Å². The van der Waals surface area contributed by atoms with Gasteiger partial charge in [0.2, 0.25) is 0 Å². The quantitative estimate of drug-likeness (QED) is 0.764. The normalized spacial score (nSPS) is 18.9. The van der Waals surface area contributed by atoms with E-state index in [0.717, 1.165) is 19.1 Å². The second-order valence-corrected chi connectivity index (χ2v) is 4.52. The molecule has 88 valence electrons. The van der Waals surface area contributed by atoms with Gasteiger partial charge in [-0.2, -0.15) is 0 Å². The van der Waals surface area contributed by atoms with E-state index in [4.69, 9.17) is 0 Å². The number of nitrogens with zero attached hydrogens (tertiary/aromatic N) is 1. The van der Waals surface area contributed by atoms with E-state index >= 15 is 0 Å². The summed E-state index contributed by atoms with van der Waals surface area (Å²) in [7, 11) is 2.03. The molecule has 0 spiro atoms. The molecular formula is C14H22N2. The van der Waals surface area contributed by atoms with Crippen LogP contribution < -0.4 is 10.2 Å². The maximum absolute atomic E-state index is 3.23. The van der Waals surface area contributed by atoms with E-state index in [2.05, 4.69) is 41.4 Å². The number of hydrogen-bond donors (Lipinski definition) is 1. The molecule has 2 heteroatoms. The minimum Gasteiger partial charge on any atom is -0.368 e. The van der Waals surface area contributed by atoms with Crippen molar-refractivity contribution in [1.29, 1.82) is 0 Å². The van der Waals surface area contributed by atoms with Crippen LogP contribution in [0.5, 0.6) is 0 Å². The van der Waals surface area contributed by atoms with Gasteiger partial charge in [-0.05, 0) is 51.4 Å². The van der Waals surface area contributed by atoms with E-state index in [1.807, 2.05) is 7.05 Å². The smallest absolute Gasteiger partial charge is 0.0402 e. The predicted octanol–water partition coefficient (Wildman–Crippen LogP) is 2.44. The fourth-order valence-electron chi connectivity index (χ4n) is 2.73. The van der Waals surface area contributed by atoms with Crippen molar-refractivity contribution >= 4 is 5.69 Å². The molecule has 2 nitrogen and oxygen atoms in total. The summed E-state index contributed by atoms with van der Waals surface area (Å²) >= 11 is 0. The topological polar surface area (TPSA) is 15.3 Å². The van der Waals surface area contributed by atoms with Crippen molar-refractivity contribution in [3.8, 4) is 0 Å². The zero-order valence-electron chi connectivity index (χ0n) is 10.4. The summed E-state index contributed by atoms with van der Waals surface area (Å²) in [6.07, 6.45) is 3.79. The average molecular weight is 218 g/mol. The molecule has 1 atom stereocenters. The Morgan fingerprint density at radius 2 is 2.19 bits per heavy atom.